The van der Waals surface area contributed by atoms with Gasteiger partial charge < -0.3 is 10.1 Å². The van der Waals surface area contributed by atoms with Crippen molar-refractivity contribution in [3.8, 4) is 0 Å². The van der Waals surface area contributed by atoms with Gasteiger partial charge >= 0.3 is 5.97 Å². The molecule has 0 saturated heterocycles. The van der Waals surface area contributed by atoms with Gasteiger partial charge in [0.05, 0.1) is 17.4 Å². The lowest BCUT2D eigenvalue weighted by Gasteiger charge is -2.23. The molecule has 3 aromatic rings. The normalized spacial score (nSPS) is 16.0. The quantitative estimate of drug-likeness (QED) is 0.281. The van der Waals surface area contributed by atoms with Crippen LogP contribution in [0, 0.1) is 0 Å². The number of hydrogen-bond donors (Lipinski definition) is 1. The molecular formula is C26H26ClNO3S2. The second-order valence-electron chi connectivity index (χ2n) is 7.98. The lowest BCUT2D eigenvalue weighted by molar-refractivity contribution is -0.115. The number of thioether (sulfide) groups is 1. The zero-order valence-corrected chi connectivity index (χ0v) is 21.0. The number of thiophene rings is 1. The zero-order chi connectivity index (χ0) is 23.4. The van der Waals surface area contributed by atoms with Gasteiger partial charge in [-0.1, -0.05) is 41.9 Å². The maximum atomic E-state index is 13.0. The molecule has 2 unspecified atom stereocenters. The number of esters is 1. The fraction of sp³-hybridized carbons (Fsp3) is 0.308. The molecule has 1 aromatic heterocycles. The molecule has 1 aliphatic carbocycles. The Kier molecular flexibility index (Phi) is 7.78. The van der Waals surface area contributed by atoms with E-state index in [2.05, 4.69) is 29.6 Å². The molecule has 0 fully saturated rings. The van der Waals surface area contributed by atoms with E-state index in [-0.39, 0.29) is 17.1 Å². The minimum Gasteiger partial charge on any atom is -0.462 e. The van der Waals surface area contributed by atoms with Gasteiger partial charge in [0.2, 0.25) is 5.91 Å². The number of amides is 1. The van der Waals surface area contributed by atoms with Crippen molar-refractivity contribution in [2.75, 3.05) is 11.9 Å². The van der Waals surface area contributed by atoms with E-state index >= 15 is 0 Å². The number of ether oxygens (including phenoxy) is 1. The second-order valence-corrected chi connectivity index (χ2v) is 10.9. The van der Waals surface area contributed by atoms with Gasteiger partial charge in [0, 0.05) is 14.8 Å². The van der Waals surface area contributed by atoms with E-state index in [4.69, 9.17) is 16.3 Å². The molecule has 2 atom stereocenters. The first-order valence-electron chi connectivity index (χ1n) is 11.1. The Morgan fingerprint density at radius 3 is 2.61 bits per heavy atom. The molecule has 0 bridgehead atoms. The summed E-state index contributed by atoms with van der Waals surface area (Å²) < 4.78 is 5.35. The van der Waals surface area contributed by atoms with Gasteiger partial charge in [0.25, 0.3) is 0 Å². The first-order valence-corrected chi connectivity index (χ1v) is 13.1. The smallest absolute Gasteiger partial charge is 0.341 e. The van der Waals surface area contributed by atoms with E-state index in [9.17, 15) is 9.59 Å². The number of hydrogen-bond acceptors (Lipinski definition) is 5. The summed E-state index contributed by atoms with van der Waals surface area (Å²) in [5, 5.41) is 3.95. The highest BCUT2D eigenvalue weighted by Gasteiger charge is 2.31. The molecule has 1 aliphatic rings. The van der Waals surface area contributed by atoms with E-state index in [1.165, 1.54) is 28.7 Å². The molecule has 7 heteroatoms. The van der Waals surface area contributed by atoms with E-state index in [0.717, 1.165) is 34.6 Å². The number of carbonyl (C=O) groups is 2. The van der Waals surface area contributed by atoms with Crippen LogP contribution in [0.15, 0.2) is 59.5 Å². The van der Waals surface area contributed by atoms with Gasteiger partial charge in [0.15, 0.2) is 0 Å². The van der Waals surface area contributed by atoms with E-state index < -0.39 is 0 Å². The summed E-state index contributed by atoms with van der Waals surface area (Å²) in [6, 6.07) is 17.9. The molecule has 0 spiro atoms. The Morgan fingerprint density at radius 1 is 1.18 bits per heavy atom. The number of carbonyl (C=O) groups excluding carboxylic acids is 2. The molecule has 4 nitrogen and oxygen atoms in total. The Bertz CT molecular complexity index is 1130. The van der Waals surface area contributed by atoms with E-state index in [0.29, 0.717) is 28.1 Å². The molecule has 0 aliphatic heterocycles. The molecule has 1 amide bonds. The highest BCUT2D eigenvalue weighted by molar-refractivity contribution is 8.00. The monoisotopic (exact) mass is 499 g/mol. The van der Waals surface area contributed by atoms with Crippen LogP contribution in [-0.2, 0) is 22.4 Å². The first-order chi connectivity index (χ1) is 16.0. The van der Waals surface area contributed by atoms with Crippen LogP contribution >= 0.6 is 34.7 Å². The number of fused-ring (bicyclic) bond motifs is 1. The van der Waals surface area contributed by atoms with Crippen molar-refractivity contribution < 1.29 is 14.3 Å². The molecule has 0 saturated carbocycles. The van der Waals surface area contributed by atoms with Crippen LogP contribution in [0.4, 0.5) is 5.00 Å². The Morgan fingerprint density at radius 2 is 1.91 bits per heavy atom. The van der Waals surface area contributed by atoms with Crippen molar-refractivity contribution in [3.63, 3.8) is 0 Å². The summed E-state index contributed by atoms with van der Waals surface area (Å²) in [4.78, 5) is 28.0. The Balaban J connectivity index is 1.55. The average molecular weight is 500 g/mol. The highest BCUT2D eigenvalue weighted by Crippen LogP contribution is 2.43. The molecule has 1 N–H and O–H groups in total. The minimum absolute atomic E-state index is 0.140. The minimum atomic E-state index is -0.360. The van der Waals surface area contributed by atoms with Gasteiger partial charge in [0.1, 0.15) is 5.00 Å². The second kappa shape index (κ2) is 10.8. The lowest BCUT2D eigenvalue weighted by Crippen LogP contribution is -2.23. The van der Waals surface area contributed by atoms with Crippen molar-refractivity contribution in [2.24, 2.45) is 0 Å². The Labute approximate surface area is 207 Å². The van der Waals surface area contributed by atoms with Crippen molar-refractivity contribution in [3.05, 3.63) is 81.2 Å². The molecule has 0 radical (unpaired) electrons. The highest BCUT2D eigenvalue weighted by atomic mass is 35.5. The standard InChI is InChI=1S/C26H26ClNO3S2/c1-3-31-26(30)23-21-14-9-18(17-7-5-4-6-8-17)15-22(21)33-25(23)28-24(29)16(2)32-20-12-10-19(27)11-13-20/h4-8,10-13,16,18H,3,9,14-15H2,1-2H3,(H,28,29). The third-order valence-electron chi connectivity index (χ3n) is 5.75. The van der Waals surface area contributed by atoms with E-state index in [1.54, 1.807) is 6.92 Å². The van der Waals surface area contributed by atoms with Gasteiger partial charge in [-0.05, 0) is 74.4 Å². The van der Waals surface area contributed by atoms with Gasteiger partial charge in [-0.15, -0.1) is 23.1 Å². The summed E-state index contributed by atoms with van der Waals surface area (Å²) in [6.07, 6.45) is 2.63. The van der Waals surface area contributed by atoms with Crippen LogP contribution in [0.1, 0.15) is 52.5 Å². The topological polar surface area (TPSA) is 55.4 Å². The maximum Gasteiger partial charge on any atom is 0.341 e. The predicted octanol–water partition coefficient (Wildman–Crippen LogP) is 6.97. The number of rotatable bonds is 7. The first kappa shape index (κ1) is 23.9. The molecule has 1 heterocycles. The van der Waals surface area contributed by atoms with Crippen LogP contribution < -0.4 is 5.32 Å². The predicted molar refractivity (Wildman–Crippen MR) is 137 cm³/mol. The fourth-order valence-electron chi connectivity index (χ4n) is 4.09. The Hall–Kier alpha value is -2.28. The number of anilines is 1. The largest absolute Gasteiger partial charge is 0.462 e. The van der Waals surface area contributed by atoms with Gasteiger partial charge in [-0.3, -0.25) is 4.79 Å². The van der Waals surface area contributed by atoms with E-state index in [1.807, 2.05) is 37.3 Å². The zero-order valence-electron chi connectivity index (χ0n) is 18.6. The van der Waals surface area contributed by atoms with Crippen molar-refractivity contribution in [1.82, 2.24) is 0 Å². The summed E-state index contributed by atoms with van der Waals surface area (Å²) in [7, 11) is 0. The molecule has 33 heavy (non-hydrogen) atoms. The molecular weight excluding hydrogens is 474 g/mol. The van der Waals surface area contributed by atoms with Gasteiger partial charge in [-0.25, -0.2) is 4.79 Å². The summed E-state index contributed by atoms with van der Waals surface area (Å²) in [5.41, 5.74) is 2.87. The van der Waals surface area contributed by atoms with Crippen molar-refractivity contribution >= 4 is 51.6 Å². The number of halogens is 1. The van der Waals surface area contributed by atoms with Crippen LogP contribution in [-0.4, -0.2) is 23.7 Å². The summed E-state index contributed by atoms with van der Waals surface area (Å²) >= 11 is 8.92. The third kappa shape index (κ3) is 5.62. The van der Waals surface area contributed by atoms with Crippen molar-refractivity contribution in [2.45, 2.75) is 49.2 Å². The molecule has 4 rings (SSSR count). The fourth-order valence-corrected chi connectivity index (χ4v) is 6.40. The number of benzene rings is 2. The van der Waals surface area contributed by atoms with Gasteiger partial charge in [-0.2, -0.15) is 0 Å². The van der Waals surface area contributed by atoms with Crippen LogP contribution in [0.25, 0.3) is 0 Å². The summed E-state index contributed by atoms with van der Waals surface area (Å²) in [5.74, 6) is -0.0875. The SMILES string of the molecule is CCOC(=O)c1c(NC(=O)C(C)Sc2ccc(Cl)cc2)sc2c1CCC(c1ccccc1)C2. The maximum absolute atomic E-state index is 13.0. The van der Waals surface area contributed by atoms with Crippen LogP contribution in [0.3, 0.4) is 0 Å². The molecule has 172 valence electrons. The third-order valence-corrected chi connectivity index (χ3v) is 8.28. The average Bonchev–Trinajstić information content (AvgIpc) is 3.18. The van der Waals surface area contributed by atoms with Crippen LogP contribution in [0.2, 0.25) is 5.02 Å². The molecule has 2 aromatic carbocycles. The number of nitrogens with one attached hydrogen (secondary N) is 1. The van der Waals surface area contributed by atoms with Crippen molar-refractivity contribution in [1.29, 1.82) is 0 Å². The summed E-state index contributed by atoms with van der Waals surface area (Å²) in [6.45, 7) is 3.95. The lowest BCUT2D eigenvalue weighted by atomic mass is 9.83. The van der Waals surface area contributed by atoms with Crippen LogP contribution in [0.5, 0.6) is 0 Å².